The van der Waals surface area contributed by atoms with Crippen LogP contribution in [0.1, 0.15) is 26.1 Å². The lowest BCUT2D eigenvalue weighted by atomic mass is 10.1. The molecule has 0 unspecified atom stereocenters. The van der Waals surface area contributed by atoms with Gasteiger partial charge in [-0.25, -0.2) is 9.97 Å². The van der Waals surface area contributed by atoms with E-state index in [4.69, 9.17) is 11.6 Å². The summed E-state index contributed by atoms with van der Waals surface area (Å²) in [7, 11) is 0. The van der Waals surface area contributed by atoms with Gasteiger partial charge in [0, 0.05) is 18.8 Å². The number of Topliss-reactive ketones (excluding diaryl/α,β-unsaturated/α-hetero) is 1. The molecule has 0 spiro atoms. The van der Waals surface area contributed by atoms with Crippen LogP contribution in [0.15, 0.2) is 12.4 Å². The van der Waals surface area contributed by atoms with Crippen LogP contribution < -0.4 is 0 Å². The molecule has 0 bridgehead atoms. The summed E-state index contributed by atoms with van der Waals surface area (Å²) < 4.78 is 0. The van der Waals surface area contributed by atoms with Gasteiger partial charge in [-0.2, -0.15) is 0 Å². The molecule has 0 radical (unpaired) electrons. The Balaban J connectivity index is 2.52. The van der Waals surface area contributed by atoms with Gasteiger partial charge in [-0.3, -0.25) is 4.79 Å². The lowest BCUT2D eigenvalue weighted by Gasteiger charge is -2.02. The lowest BCUT2D eigenvalue weighted by molar-refractivity contribution is -0.119. The van der Waals surface area contributed by atoms with Crippen molar-refractivity contribution in [1.82, 2.24) is 9.97 Å². The molecule has 0 fully saturated rings. The molecular weight excluding hydrogens is 200 g/mol. The molecule has 0 aliphatic heterocycles. The molecule has 4 heteroatoms. The fraction of sp³-hybridized carbons (Fsp3) is 0.500. The van der Waals surface area contributed by atoms with E-state index in [9.17, 15) is 4.79 Å². The Kier molecular flexibility index (Phi) is 4.01. The average molecular weight is 213 g/mol. The summed E-state index contributed by atoms with van der Waals surface area (Å²) >= 11 is 5.62. The van der Waals surface area contributed by atoms with Gasteiger partial charge in [0.25, 0.3) is 0 Å². The van der Waals surface area contributed by atoms with Gasteiger partial charge >= 0.3 is 0 Å². The van der Waals surface area contributed by atoms with Gasteiger partial charge in [-0.15, -0.1) is 0 Å². The first-order chi connectivity index (χ1) is 6.58. The number of hydrogen-bond acceptors (Lipinski definition) is 3. The molecule has 1 heterocycles. The second kappa shape index (κ2) is 5.05. The van der Waals surface area contributed by atoms with E-state index in [0.29, 0.717) is 29.6 Å². The Morgan fingerprint density at radius 2 is 2.00 bits per heavy atom. The van der Waals surface area contributed by atoms with Gasteiger partial charge in [-0.05, 0) is 5.92 Å². The molecule has 14 heavy (non-hydrogen) atoms. The molecule has 0 saturated carbocycles. The van der Waals surface area contributed by atoms with E-state index < -0.39 is 0 Å². The van der Waals surface area contributed by atoms with Gasteiger partial charge in [0.05, 0.1) is 11.4 Å². The Bertz CT molecular complexity index is 308. The normalized spacial score (nSPS) is 10.6. The number of carbonyl (C=O) groups excluding carboxylic acids is 1. The van der Waals surface area contributed by atoms with Crippen LogP contribution in [0, 0.1) is 5.92 Å². The zero-order chi connectivity index (χ0) is 10.6. The summed E-state index contributed by atoms with van der Waals surface area (Å²) in [6.07, 6.45) is 3.89. The zero-order valence-corrected chi connectivity index (χ0v) is 9.08. The molecule has 0 amide bonds. The van der Waals surface area contributed by atoms with Gasteiger partial charge in [0.1, 0.15) is 11.6 Å². The molecule has 3 nitrogen and oxygen atoms in total. The van der Waals surface area contributed by atoms with Crippen LogP contribution in [0.3, 0.4) is 0 Å². The zero-order valence-electron chi connectivity index (χ0n) is 8.33. The van der Waals surface area contributed by atoms with E-state index in [-0.39, 0.29) is 5.78 Å². The quantitative estimate of drug-likeness (QED) is 0.769. The molecule has 1 aromatic heterocycles. The summed E-state index contributed by atoms with van der Waals surface area (Å²) in [5.41, 5.74) is 0. The van der Waals surface area contributed by atoms with Crippen molar-refractivity contribution in [3.63, 3.8) is 0 Å². The summed E-state index contributed by atoms with van der Waals surface area (Å²) in [6.45, 7) is 4.03. The van der Waals surface area contributed by atoms with Crippen LogP contribution in [0.2, 0.25) is 5.02 Å². The van der Waals surface area contributed by atoms with Crippen molar-refractivity contribution in [2.24, 2.45) is 5.92 Å². The monoisotopic (exact) mass is 212 g/mol. The van der Waals surface area contributed by atoms with Crippen molar-refractivity contribution in [3.05, 3.63) is 23.2 Å². The highest BCUT2D eigenvalue weighted by Gasteiger charge is 2.07. The van der Waals surface area contributed by atoms with E-state index >= 15 is 0 Å². The molecule has 0 aliphatic carbocycles. The average Bonchev–Trinajstić information content (AvgIpc) is 2.07. The largest absolute Gasteiger partial charge is 0.299 e. The Labute approximate surface area is 88.5 Å². The van der Waals surface area contributed by atoms with Gasteiger partial charge in [0.2, 0.25) is 0 Å². The number of aromatic nitrogens is 2. The summed E-state index contributed by atoms with van der Waals surface area (Å²) in [5.74, 6) is 1.09. The fourth-order valence-electron chi connectivity index (χ4n) is 1.13. The topological polar surface area (TPSA) is 42.9 Å². The van der Waals surface area contributed by atoms with Crippen molar-refractivity contribution in [2.45, 2.75) is 26.7 Å². The molecule has 0 N–H and O–H groups in total. The molecule has 1 rings (SSSR count). The van der Waals surface area contributed by atoms with Crippen LogP contribution in [-0.2, 0) is 11.2 Å². The van der Waals surface area contributed by atoms with E-state index in [1.54, 1.807) is 0 Å². The minimum atomic E-state index is 0.169. The van der Waals surface area contributed by atoms with E-state index in [0.717, 1.165) is 0 Å². The van der Waals surface area contributed by atoms with E-state index in [2.05, 4.69) is 9.97 Å². The molecule has 1 aromatic rings. The Morgan fingerprint density at radius 3 is 2.50 bits per heavy atom. The number of ketones is 1. The highest BCUT2D eigenvalue weighted by Crippen LogP contribution is 2.06. The lowest BCUT2D eigenvalue weighted by Crippen LogP contribution is -2.08. The van der Waals surface area contributed by atoms with Crippen LogP contribution >= 0.6 is 11.6 Å². The maximum Gasteiger partial charge on any atom is 0.140 e. The van der Waals surface area contributed by atoms with E-state index in [1.165, 1.54) is 12.4 Å². The standard InChI is InChI=1S/C10H13ClN2O/c1-7(2)3-9(14)4-10-12-5-8(11)6-13-10/h5-7H,3-4H2,1-2H3. The van der Waals surface area contributed by atoms with Crippen LogP contribution in [-0.4, -0.2) is 15.8 Å². The third-order valence-corrected chi connectivity index (χ3v) is 1.86. The fourth-order valence-corrected chi connectivity index (χ4v) is 1.23. The molecule has 0 atom stereocenters. The van der Waals surface area contributed by atoms with Gasteiger partial charge in [-0.1, -0.05) is 25.4 Å². The van der Waals surface area contributed by atoms with Crippen molar-refractivity contribution >= 4 is 17.4 Å². The highest BCUT2D eigenvalue weighted by molar-refractivity contribution is 6.30. The van der Waals surface area contributed by atoms with E-state index in [1.807, 2.05) is 13.8 Å². The minimum absolute atomic E-state index is 0.169. The predicted octanol–water partition coefficient (Wildman–Crippen LogP) is 2.29. The van der Waals surface area contributed by atoms with Crippen molar-refractivity contribution in [2.75, 3.05) is 0 Å². The summed E-state index contributed by atoms with van der Waals surface area (Å²) in [6, 6.07) is 0. The van der Waals surface area contributed by atoms with Gasteiger partial charge in [0.15, 0.2) is 0 Å². The number of carbonyl (C=O) groups is 1. The summed E-state index contributed by atoms with van der Waals surface area (Å²) in [4.78, 5) is 19.3. The van der Waals surface area contributed by atoms with Crippen LogP contribution in [0.4, 0.5) is 0 Å². The SMILES string of the molecule is CC(C)CC(=O)Cc1ncc(Cl)cn1. The minimum Gasteiger partial charge on any atom is -0.299 e. The molecule has 0 aliphatic rings. The van der Waals surface area contributed by atoms with Crippen LogP contribution in [0.25, 0.3) is 0 Å². The molecule has 0 aromatic carbocycles. The molecule has 0 saturated heterocycles. The number of halogens is 1. The Hall–Kier alpha value is -0.960. The number of nitrogens with zero attached hydrogens (tertiary/aromatic N) is 2. The maximum absolute atomic E-state index is 11.4. The first kappa shape index (κ1) is 11.1. The third-order valence-electron chi connectivity index (χ3n) is 1.67. The van der Waals surface area contributed by atoms with Crippen molar-refractivity contribution in [3.8, 4) is 0 Å². The van der Waals surface area contributed by atoms with Gasteiger partial charge < -0.3 is 0 Å². The van der Waals surface area contributed by atoms with Crippen LogP contribution in [0.5, 0.6) is 0 Å². The summed E-state index contributed by atoms with van der Waals surface area (Å²) in [5, 5.41) is 0.491. The third kappa shape index (κ3) is 3.83. The number of rotatable bonds is 4. The predicted molar refractivity (Wildman–Crippen MR) is 55.2 cm³/mol. The van der Waals surface area contributed by atoms with Crippen molar-refractivity contribution < 1.29 is 4.79 Å². The second-order valence-corrected chi connectivity index (χ2v) is 4.07. The number of hydrogen-bond donors (Lipinski definition) is 0. The first-order valence-corrected chi connectivity index (χ1v) is 4.94. The second-order valence-electron chi connectivity index (χ2n) is 3.63. The molecule has 76 valence electrons. The van der Waals surface area contributed by atoms with Crippen molar-refractivity contribution in [1.29, 1.82) is 0 Å². The Morgan fingerprint density at radius 1 is 1.43 bits per heavy atom. The molecular formula is C10H13ClN2O. The first-order valence-electron chi connectivity index (χ1n) is 4.56. The highest BCUT2D eigenvalue weighted by atomic mass is 35.5. The smallest absolute Gasteiger partial charge is 0.140 e. The maximum atomic E-state index is 11.4.